The van der Waals surface area contributed by atoms with Crippen LogP contribution in [0.2, 0.25) is 0 Å². The molecule has 0 spiro atoms. The molecule has 5 atom stereocenters. The van der Waals surface area contributed by atoms with Gasteiger partial charge in [0.25, 0.3) is 0 Å². The number of allylic oxidation sites excluding steroid dienone is 1. The molecule has 0 heterocycles. The molecule has 5 rings (SSSR count). The molecule has 3 heteroatoms. The predicted octanol–water partition coefficient (Wildman–Crippen LogP) is 6.34. The maximum atomic E-state index is 12.0. The zero-order valence-corrected chi connectivity index (χ0v) is 18.4. The average Bonchev–Trinajstić information content (AvgIpc) is 2.76. The minimum Gasteiger partial charge on any atom is -0.508 e. The summed E-state index contributed by atoms with van der Waals surface area (Å²) in [4.78, 5) is 0. The largest absolute Gasteiger partial charge is 0.508 e. The van der Waals surface area contributed by atoms with Crippen molar-refractivity contribution in [2.24, 2.45) is 17.3 Å². The van der Waals surface area contributed by atoms with Crippen molar-refractivity contribution in [2.45, 2.75) is 63.4 Å². The predicted molar refractivity (Wildman–Crippen MR) is 122 cm³/mol. The Morgan fingerprint density at radius 2 is 1.90 bits per heavy atom. The Hall–Kier alpha value is -1.77. The molecule has 2 N–H and O–H groups in total. The van der Waals surface area contributed by atoms with Crippen molar-refractivity contribution >= 4 is 11.6 Å². The van der Waals surface area contributed by atoms with E-state index >= 15 is 0 Å². The van der Waals surface area contributed by atoms with Crippen LogP contribution in [-0.4, -0.2) is 15.8 Å². The molecule has 0 saturated heterocycles. The highest BCUT2D eigenvalue weighted by Gasteiger charge is 2.59. The normalized spacial score (nSPS) is 35.0. The number of aromatic hydroxyl groups is 1. The van der Waals surface area contributed by atoms with E-state index in [0.717, 1.165) is 38.5 Å². The first-order valence-electron chi connectivity index (χ1n) is 11.4. The lowest BCUT2D eigenvalue weighted by Crippen LogP contribution is -2.58. The van der Waals surface area contributed by atoms with Gasteiger partial charge in [0.1, 0.15) is 11.4 Å². The second-order valence-electron chi connectivity index (χ2n) is 9.89. The van der Waals surface area contributed by atoms with E-state index in [9.17, 15) is 10.2 Å². The molecule has 0 bridgehead atoms. The molecule has 0 amide bonds. The van der Waals surface area contributed by atoms with Crippen LogP contribution in [0.1, 0.15) is 61.6 Å². The summed E-state index contributed by atoms with van der Waals surface area (Å²) in [5, 5.41) is 22.6. The SMILES string of the molecule is C[C@]12CC[C@@H]3c4ccc(O)cc4CC[C@H]3[C@@H]1CC=C(Cl)[C@@]2(O)CCc1ccccc1. The van der Waals surface area contributed by atoms with Gasteiger partial charge in [0, 0.05) is 10.4 Å². The quantitative estimate of drug-likeness (QED) is 0.605. The van der Waals surface area contributed by atoms with Crippen molar-refractivity contribution in [3.05, 3.63) is 76.3 Å². The van der Waals surface area contributed by atoms with Crippen LogP contribution in [0.3, 0.4) is 0 Å². The maximum absolute atomic E-state index is 12.0. The minimum absolute atomic E-state index is 0.205. The van der Waals surface area contributed by atoms with Crippen LogP contribution in [0.25, 0.3) is 0 Å². The lowest BCUT2D eigenvalue weighted by Gasteiger charge is -2.60. The van der Waals surface area contributed by atoms with Gasteiger partial charge in [-0.25, -0.2) is 0 Å². The summed E-state index contributed by atoms with van der Waals surface area (Å²) >= 11 is 6.76. The summed E-state index contributed by atoms with van der Waals surface area (Å²) < 4.78 is 0. The Morgan fingerprint density at radius 3 is 2.70 bits per heavy atom. The van der Waals surface area contributed by atoms with Gasteiger partial charge in [0.15, 0.2) is 0 Å². The topological polar surface area (TPSA) is 40.5 Å². The van der Waals surface area contributed by atoms with E-state index in [1.165, 1.54) is 16.7 Å². The summed E-state index contributed by atoms with van der Waals surface area (Å²) in [7, 11) is 0. The highest BCUT2D eigenvalue weighted by atomic mass is 35.5. The molecule has 3 aliphatic carbocycles. The molecule has 3 aliphatic rings. The van der Waals surface area contributed by atoms with Gasteiger partial charge >= 0.3 is 0 Å². The third-order valence-electron chi connectivity index (χ3n) is 8.61. The fourth-order valence-corrected chi connectivity index (χ4v) is 7.28. The molecular weight excluding hydrogens is 392 g/mol. The zero-order chi connectivity index (χ0) is 20.9. The number of phenolic OH excluding ortho intramolecular Hbond substituents is 1. The Balaban J connectivity index is 1.46. The second kappa shape index (κ2) is 7.43. The number of hydrogen-bond acceptors (Lipinski definition) is 2. The molecule has 2 nitrogen and oxygen atoms in total. The van der Waals surface area contributed by atoms with Gasteiger partial charge < -0.3 is 10.2 Å². The van der Waals surface area contributed by atoms with Crippen LogP contribution >= 0.6 is 11.6 Å². The lowest BCUT2D eigenvalue weighted by molar-refractivity contribution is -0.128. The van der Waals surface area contributed by atoms with E-state index in [1.807, 2.05) is 18.2 Å². The molecule has 1 saturated carbocycles. The molecule has 2 aromatic rings. The Labute approximate surface area is 184 Å². The van der Waals surface area contributed by atoms with Crippen molar-refractivity contribution in [3.8, 4) is 5.75 Å². The first-order valence-corrected chi connectivity index (χ1v) is 11.7. The van der Waals surface area contributed by atoms with Crippen molar-refractivity contribution in [1.29, 1.82) is 0 Å². The molecule has 0 aromatic heterocycles. The highest BCUT2D eigenvalue weighted by Crippen LogP contribution is 2.63. The first-order chi connectivity index (χ1) is 14.4. The van der Waals surface area contributed by atoms with E-state index in [0.29, 0.717) is 35.0 Å². The van der Waals surface area contributed by atoms with Gasteiger partial charge in [-0.3, -0.25) is 0 Å². The first kappa shape index (κ1) is 20.2. The van der Waals surface area contributed by atoms with Crippen molar-refractivity contribution in [2.75, 3.05) is 0 Å². The maximum Gasteiger partial charge on any atom is 0.115 e. The molecule has 0 radical (unpaired) electrons. The molecule has 1 fully saturated rings. The van der Waals surface area contributed by atoms with Crippen LogP contribution in [0, 0.1) is 17.3 Å². The minimum atomic E-state index is -0.965. The Kier molecular flexibility index (Phi) is 4.99. The molecule has 2 aromatic carbocycles. The number of hydrogen-bond donors (Lipinski definition) is 2. The van der Waals surface area contributed by atoms with Crippen LogP contribution in [0.4, 0.5) is 0 Å². The molecular formula is C27H31ClO2. The van der Waals surface area contributed by atoms with E-state index in [-0.39, 0.29) is 5.41 Å². The number of aryl methyl sites for hydroxylation is 2. The van der Waals surface area contributed by atoms with E-state index in [2.05, 4.69) is 43.3 Å². The van der Waals surface area contributed by atoms with Crippen molar-refractivity contribution in [3.63, 3.8) is 0 Å². The number of fused-ring (bicyclic) bond motifs is 5. The van der Waals surface area contributed by atoms with E-state index in [1.54, 1.807) is 0 Å². The third kappa shape index (κ3) is 3.03. The van der Waals surface area contributed by atoms with E-state index in [4.69, 9.17) is 11.6 Å². The summed E-state index contributed by atoms with van der Waals surface area (Å²) in [6.07, 6.45) is 8.76. The van der Waals surface area contributed by atoms with Crippen molar-refractivity contribution in [1.82, 2.24) is 0 Å². The smallest absolute Gasteiger partial charge is 0.115 e. The summed E-state index contributed by atoms with van der Waals surface area (Å²) in [6, 6.07) is 16.3. The zero-order valence-electron chi connectivity index (χ0n) is 17.7. The molecule has 158 valence electrons. The van der Waals surface area contributed by atoms with Crippen LogP contribution in [-0.2, 0) is 12.8 Å². The van der Waals surface area contributed by atoms with Crippen LogP contribution in [0.5, 0.6) is 5.75 Å². The number of phenols is 1. The number of rotatable bonds is 3. The monoisotopic (exact) mass is 422 g/mol. The van der Waals surface area contributed by atoms with Crippen LogP contribution < -0.4 is 0 Å². The molecule has 30 heavy (non-hydrogen) atoms. The summed E-state index contributed by atoms with van der Waals surface area (Å²) in [5.74, 6) is 1.89. The van der Waals surface area contributed by atoms with Gasteiger partial charge in [-0.2, -0.15) is 0 Å². The second-order valence-corrected chi connectivity index (χ2v) is 10.3. The van der Waals surface area contributed by atoms with E-state index < -0.39 is 5.60 Å². The Morgan fingerprint density at radius 1 is 1.10 bits per heavy atom. The van der Waals surface area contributed by atoms with Gasteiger partial charge in [-0.15, -0.1) is 0 Å². The lowest BCUT2D eigenvalue weighted by atomic mass is 9.47. The van der Waals surface area contributed by atoms with Gasteiger partial charge in [0.05, 0.1) is 0 Å². The molecule has 0 unspecified atom stereocenters. The number of benzene rings is 2. The summed E-state index contributed by atoms with van der Waals surface area (Å²) in [5.41, 5.74) is 2.81. The fourth-order valence-electron chi connectivity index (χ4n) is 6.88. The third-order valence-corrected chi connectivity index (χ3v) is 9.08. The standard InChI is InChI=1S/C27H31ClO2/c1-26-15-14-22-21-10-8-20(29)17-19(21)7-9-23(22)24(26)11-12-25(28)27(26,30)16-13-18-5-3-2-4-6-18/h2-6,8,10,12,17,22-24,29-30H,7,9,11,13-16H2,1H3/t22-,23-,24+,26+,27+/m1/s1. The fraction of sp³-hybridized carbons (Fsp3) is 0.481. The molecule has 0 aliphatic heterocycles. The Bertz CT molecular complexity index is 968. The van der Waals surface area contributed by atoms with Gasteiger partial charge in [0.2, 0.25) is 0 Å². The van der Waals surface area contributed by atoms with Gasteiger partial charge in [-0.1, -0.05) is 61.0 Å². The van der Waals surface area contributed by atoms with Gasteiger partial charge in [-0.05, 0) is 91.5 Å². The van der Waals surface area contributed by atoms with Crippen LogP contribution in [0.15, 0.2) is 59.6 Å². The highest BCUT2D eigenvalue weighted by molar-refractivity contribution is 6.30. The number of halogens is 1. The average molecular weight is 423 g/mol. The number of aliphatic hydroxyl groups is 1. The summed E-state index contributed by atoms with van der Waals surface area (Å²) in [6.45, 7) is 2.29. The van der Waals surface area contributed by atoms with Crippen molar-refractivity contribution < 1.29 is 10.2 Å².